The average Bonchev–Trinajstić information content (AvgIpc) is 2.61. The van der Waals surface area contributed by atoms with Crippen LogP contribution in [0.2, 0.25) is 5.02 Å². The third-order valence-electron chi connectivity index (χ3n) is 4.11. The summed E-state index contributed by atoms with van der Waals surface area (Å²) in [5, 5.41) is 3.86. The zero-order chi connectivity index (χ0) is 13.7. The standard InChI is InChI=1S/C16H23ClFN/c1-2-19-16-7-5-3-4-6-13(16)10-12-8-9-15(18)14(17)11-12/h8-9,11,13,16,19H,2-7,10H2,1H3. The van der Waals surface area contributed by atoms with Crippen LogP contribution < -0.4 is 5.32 Å². The number of benzene rings is 1. The number of hydrogen-bond donors (Lipinski definition) is 1. The Balaban J connectivity index is 2.06. The van der Waals surface area contributed by atoms with Crippen LogP contribution in [0.3, 0.4) is 0 Å². The van der Waals surface area contributed by atoms with Gasteiger partial charge in [0.1, 0.15) is 5.82 Å². The lowest BCUT2D eigenvalue weighted by Crippen LogP contribution is -2.36. The van der Waals surface area contributed by atoms with E-state index in [-0.39, 0.29) is 10.8 Å². The second-order valence-corrected chi connectivity index (χ2v) is 5.92. The predicted octanol–water partition coefficient (Wildman–Crippen LogP) is 4.58. The van der Waals surface area contributed by atoms with Gasteiger partial charge in [0.15, 0.2) is 0 Å². The molecule has 0 aromatic heterocycles. The number of nitrogens with one attached hydrogen (secondary N) is 1. The molecule has 1 aromatic carbocycles. The van der Waals surface area contributed by atoms with E-state index in [1.165, 1.54) is 38.2 Å². The van der Waals surface area contributed by atoms with Gasteiger partial charge in [-0.25, -0.2) is 4.39 Å². The van der Waals surface area contributed by atoms with E-state index in [9.17, 15) is 4.39 Å². The van der Waals surface area contributed by atoms with E-state index in [0.717, 1.165) is 18.5 Å². The summed E-state index contributed by atoms with van der Waals surface area (Å²) < 4.78 is 13.2. The third-order valence-corrected chi connectivity index (χ3v) is 4.40. The lowest BCUT2D eigenvalue weighted by Gasteiger charge is -2.26. The molecular weight excluding hydrogens is 261 g/mol. The molecule has 0 heterocycles. The Labute approximate surface area is 120 Å². The first kappa shape index (κ1) is 14.8. The summed E-state index contributed by atoms with van der Waals surface area (Å²) in [4.78, 5) is 0. The molecule has 19 heavy (non-hydrogen) atoms. The van der Waals surface area contributed by atoms with Gasteiger partial charge in [-0.2, -0.15) is 0 Å². The van der Waals surface area contributed by atoms with Crippen LogP contribution in [0.4, 0.5) is 4.39 Å². The van der Waals surface area contributed by atoms with E-state index in [2.05, 4.69) is 12.2 Å². The highest BCUT2D eigenvalue weighted by atomic mass is 35.5. The highest BCUT2D eigenvalue weighted by molar-refractivity contribution is 6.30. The molecule has 0 radical (unpaired) electrons. The predicted molar refractivity (Wildman–Crippen MR) is 79.2 cm³/mol. The van der Waals surface area contributed by atoms with Gasteiger partial charge in [0.25, 0.3) is 0 Å². The van der Waals surface area contributed by atoms with Crippen molar-refractivity contribution >= 4 is 11.6 Å². The van der Waals surface area contributed by atoms with E-state index in [4.69, 9.17) is 11.6 Å². The van der Waals surface area contributed by atoms with E-state index in [0.29, 0.717) is 12.0 Å². The third kappa shape index (κ3) is 4.19. The molecule has 1 saturated carbocycles. The minimum Gasteiger partial charge on any atom is -0.314 e. The van der Waals surface area contributed by atoms with Crippen LogP contribution in [0.25, 0.3) is 0 Å². The number of halogens is 2. The first-order valence-electron chi connectivity index (χ1n) is 7.38. The first-order valence-corrected chi connectivity index (χ1v) is 7.75. The Morgan fingerprint density at radius 2 is 2.05 bits per heavy atom. The second kappa shape index (κ2) is 7.25. The summed E-state index contributed by atoms with van der Waals surface area (Å²) in [7, 11) is 0. The van der Waals surface area contributed by atoms with Crippen LogP contribution in [0.5, 0.6) is 0 Å². The molecule has 106 valence electrons. The highest BCUT2D eigenvalue weighted by Crippen LogP contribution is 2.28. The molecule has 1 nitrogen and oxygen atoms in total. The summed E-state index contributed by atoms with van der Waals surface area (Å²) in [6, 6.07) is 5.73. The fraction of sp³-hybridized carbons (Fsp3) is 0.625. The van der Waals surface area contributed by atoms with Crippen molar-refractivity contribution < 1.29 is 4.39 Å². The van der Waals surface area contributed by atoms with Gasteiger partial charge in [-0.1, -0.05) is 43.9 Å². The maximum atomic E-state index is 13.2. The summed E-state index contributed by atoms with van der Waals surface area (Å²) in [6.07, 6.45) is 7.47. The molecule has 3 heteroatoms. The van der Waals surface area contributed by atoms with Gasteiger partial charge in [0, 0.05) is 6.04 Å². The number of hydrogen-bond acceptors (Lipinski definition) is 1. The fourth-order valence-electron chi connectivity index (χ4n) is 3.13. The smallest absolute Gasteiger partial charge is 0.141 e. The van der Waals surface area contributed by atoms with E-state index in [1.54, 1.807) is 6.07 Å². The minimum absolute atomic E-state index is 0.242. The zero-order valence-corrected chi connectivity index (χ0v) is 12.3. The molecule has 2 atom stereocenters. The molecule has 0 spiro atoms. The van der Waals surface area contributed by atoms with Gasteiger partial charge in [-0.3, -0.25) is 0 Å². The van der Waals surface area contributed by atoms with Gasteiger partial charge >= 0.3 is 0 Å². The largest absolute Gasteiger partial charge is 0.314 e. The van der Waals surface area contributed by atoms with Gasteiger partial charge in [0.2, 0.25) is 0 Å². The van der Waals surface area contributed by atoms with E-state index < -0.39 is 0 Å². The fourth-order valence-corrected chi connectivity index (χ4v) is 3.33. The second-order valence-electron chi connectivity index (χ2n) is 5.51. The van der Waals surface area contributed by atoms with Crippen LogP contribution in [-0.2, 0) is 6.42 Å². The molecule has 1 aliphatic carbocycles. The van der Waals surface area contributed by atoms with Crippen molar-refractivity contribution in [2.75, 3.05) is 6.54 Å². The van der Waals surface area contributed by atoms with E-state index >= 15 is 0 Å². The Morgan fingerprint density at radius 3 is 2.79 bits per heavy atom. The van der Waals surface area contributed by atoms with Crippen molar-refractivity contribution in [2.45, 2.75) is 51.5 Å². The zero-order valence-electron chi connectivity index (χ0n) is 11.6. The molecule has 0 saturated heterocycles. The van der Waals surface area contributed by atoms with Crippen molar-refractivity contribution in [1.29, 1.82) is 0 Å². The van der Waals surface area contributed by atoms with Gasteiger partial charge < -0.3 is 5.32 Å². The quantitative estimate of drug-likeness (QED) is 0.798. The summed E-state index contributed by atoms with van der Waals surface area (Å²) >= 11 is 5.87. The minimum atomic E-state index is -0.325. The van der Waals surface area contributed by atoms with Crippen LogP contribution in [0.15, 0.2) is 18.2 Å². The average molecular weight is 284 g/mol. The molecule has 1 fully saturated rings. The molecule has 2 unspecified atom stereocenters. The van der Waals surface area contributed by atoms with Gasteiger partial charge in [-0.05, 0) is 49.4 Å². The Kier molecular flexibility index (Phi) is 5.65. The van der Waals surface area contributed by atoms with Crippen LogP contribution in [0.1, 0.15) is 44.6 Å². The van der Waals surface area contributed by atoms with Crippen molar-refractivity contribution in [3.63, 3.8) is 0 Å². The molecular formula is C16H23ClFN. The molecule has 0 bridgehead atoms. The lowest BCUT2D eigenvalue weighted by molar-refractivity contribution is 0.337. The summed E-state index contributed by atoms with van der Waals surface area (Å²) in [6.45, 7) is 3.18. The maximum Gasteiger partial charge on any atom is 0.141 e. The van der Waals surface area contributed by atoms with Crippen LogP contribution in [0, 0.1) is 11.7 Å². The van der Waals surface area contributed by atoms with E-state index in [1.807, 2.05) is 6.07 Å². The monoisotopic (exact) mass is 283 g/mol. The van der Waals surface area contributed by atoms with Crippen molar-refractivity contribution in [2.24, 2.45) is 5.92 Å². The van der Waals surface area contributed by atoms with Crippen molar-refractivity contribution in [1.82, 2.24) is 5.32 Å². The van der Waals surface area contributed by atoms with Gasteiger partial charge in [-0.15, -0.1) is 0 Å². The SMILES string of the molecule is CCNC1CCCCCC1Cc1ccc(F)c(Cl)c1. The summed E-state index contributed by atoms with van der Waals surface area (Å²) in [5.41, 5.74) is 1.15. The van der Waals surface area contributed by atoms with Crippen LogP contribution >= 0.6 is 11.6 Å². The lowest BCUT2D eigenvalue weighted by atomic mass is 9.88. The van der Waals surface area contributed by atoms with Gasteiger partial charge in [0.05, 0.1) is 5.02 Å². The first-order chi connectivity index (χ1) is 9.20. The maximum absolute atomic E-state index is 13.2. The molecule has 2 rings (SSSR count). The molecule has 0 amide bonds. The Bertz CT molecular complexity index is 408. The Hall–Kier alpha value is -0.600. The molecule has 1 aromatic rings. The Morgan fingerprint density at radius 1 is 1.26 bits per heavy atom. The summed E-state index contributed by atoms with van der Waals surface area (Å²) in [5.74, 6) is 0.318. The topological polar surface area (TPSA) is 12.0 Å². The number of rotatable bonds is 4. The highest BCUT2D eigenvalue weighted by Gasteiger charge is 2.23. The van der Waals surface area contributed by atoms with Crippen molar-refractivity contribution in [3.05, 3.63) is 34.6 Å². The molecule has 1 N–H and O–H groups in total. The molecule has 0 aliphatic heterocycles. The normalized spacial score (nSPS) is 24.2. The molecule has 1 aliphatic rings. The van der Waals surface area contributed by atoms with Crippen LogP contribution in [-0.4, -0.2) is 12.6 Å². The van der Waals surface area contributed by atoms with Crippen molar-refractivity contribution in [3.8, 4) is 0 Å².